The molecule has 1 saturated carbocycles. The Morgan fingerprint density at radius 1 is 1.20 bits per heavy atom. The zero-order chi connectivity index (χ0) is 14.8. The molecule has 1 aliphatic carbocycles. The molecular weight excluding hydrogens is 252 g/mol. The van der Waals surface area contributed by atoms with Gasteiger partial charge in [-0.15, -0.1) is 0 Å². The third kappa shape index (κ3) is 7.85. The smallest absolute Gasteiger partial charge is 0.220 e. The van der Waals surface area contributed by atoms with E-state index in [0.29, 0.717) is 37.3 Å². The summed E-state index contributed by atoms with van der Waals surface area (Å²) in [5.74, 6) is 2.09. The quantitative estimate of drug-likeness (QED) is 0.639. The van der Waals surface area contributed by atoms with Crippen molar-refractivity contribution in [2.45, 2.75) is 52.4 Å². The maximum Gasteiger partial charge on any atom is 0.220 e. The molecule has 0 heterocycles. The van der Waals surface area contributed by atoms with Crippen molar-refractivity contribution in [2.24, 2.45) is 23.5 Å². The molecule has 0 aromatic carbocycles. The minimum Gasteiger partial charge on any atom is -0.380 e. The first-order valence-electron chi connectivity index (χ1n) is 8.16. The topological polar surface area (TPSA) is 64.3 Å². The van der Waals surface area contributed by atoms with Crippen LogP contribution in [0.4, 0.5) is 0 Å². The van der Waals surface area contributed by atoms with Crippen molar-refractivity contribution in [3.05, 3.63) is 0 Å². The van der Waals surface area contributed by atoms with Gasteiger partial charge >= 0.3 is 0 Å². The Balaban J connectivity index is 1.98. The summed E-state index contributed by atoms with van der Waals surface area (Å²) < 4.78 is 5.48. The van der Waals surface area contributed by atoms with Gasteiger partial charge in [0.15, 0.2) is 0 Å². The van der Waals surface area contributed by atoms with E-state index in [1.54, 1.807) is 0 Å². The molecule has 0 saturated heterocycles. The first-order valence-corrected chi connectivity index (χ1v) is 8.16. The van der Waals surface area contributed by atoms with Crippen LogP contribution in [0.2, 0.25) is 0 Å². The van der Waals surface area contributed by atoms with Crippen LogP contribution in [-0.4, -0.2) is 32.2 Å². The molecule has 1 aliphatic rings. The number of rotatable bonds is 9. The lowest BCUT2D eigenvalue weighted by Crippen LogP contribution is -2.30. The normalized spacial score (nSPS) is 23.0. The van der Waals surface area contributed by atoms with Gasteiger partial charge in [0.2, 0.25) is 5.91 Å². The molecule has 0 radical (unpaired) electrons. The number of nitrogens with one attached hydrogen (secondary N) is 1. The summed E-state index contributed by atoms with van der Waals surface area (Å²) in [4.78, 5) is 11.8. The summed E-state index contributed by atoms with van der Waals surface area (Å²) in [6, 6.07) is 0. The molecule has 0 bridgehead atoms. The van der Waals surface area contributed by atoms with Crippen molar-refractivity contribution in [2.75, 3.05) is 26.3 Å². The molecule has 20 heavy (non-hydrogen) atoms. The van der Waals surface area contributed by atoms with Crippen LogP contribution >= 0.6 is 0 Å². The molecule has 0 atom stereocenters. The van der Waals surface area contributed by atoms with E-state index < -0.39 is 0 Å². The van der Waals surface area contributed by atoms with E-state index in [0.717, 1.165) is 32.4 Å². The number of amides is 1. The van der Waals surface area contributed by atoms with E-state index >= 15 is 0 Å². The molecule has 3 N–H and O–H groups in total. The van der Waals surface area contributed by atoms with E-state index in [1.807, 2.05) is 0 Å². The predicted octanol–water partition coefficient (Wildman–Crippen LogP) is 2.32. The van der Waals surface area contributed by atoms with Gasteiger partial charge in [0.1, 0.15) is 0 Å². The summed E-state index contributed by atoms with van der Waals surface area (Å²) in [5, 5.41) is 2.95. The maximum atomic E-state index is 11.8. The summed E-state index contributed by atoms with van der Waals surface area (Å²) >= 11 is 0. The Labute approximate surface area is 123 Å². The first-order chi connectivity index (χ1) is 9.61. The molecule has 0 aromatic heterocycles. The van der Waals surface area contributed by atoms with Crippen molar-refractivity contribution in [1.82, 2.24) is 5.32 Å². The molecule has 1 rings (SSSR count). The van der Waals surface area contributed by atoms with Gasteiger partial charge in [-0.2, -0.15) is 0 Å². The van der Waals surface area contributed by atoms with Crippen LogP contribution in [0, 0.1) is 17.8 Å². The third-order valence-electron chi connectivity index (χ3n) is 4.18. The summed E-state index contributed by atoms with van der Waals surface area (Å²) in [6.07, 6.45) is 6.43. The van der Waals surface area contributed by atoms with Crippen molar-refractivity contribution in [3.63, 3.8) is 0 Å². The number of ether oxygens (including phenoxy) is 1. The molecule has 0 unspecified atom stereocenters. The number of hydrogen-bond donors (Lipinski definition) is 2. The van der Waals surface area contributed by atoms with Crippen LogP contribution in [-0.2, 0) is 9.53 Å². The molecule has 0 spiro atoms. The Hall–Kier alpha value is -0.610. The van der Waals surface area contributed by atoms with Crippen molar-refractivity contribution in [3.8, 4) is 0 Å². The first kappa shape index (κ1) is 17.4. The molecule has 1 amide bonds. The average molecular weight is 284 g/mol. The van der Waals surface area contributed by atoms with Crippen LogP contribution in [0.25, 0.3) is 0 Å². The van der Waals surface area contributed by atoms with Crippen LogP contribution in [0.1, 0.15) is 52.4 Å². The van der Waals surface area contributed by atoms with Gasteiger partial charge in [0.05, 0.1) is 6.61 Å². The minimum absolute atomic E-state index is 0.175. The summed E-state index contributed by atoms with van der Waals surface area (Å²) in [6.45, 7) is 7.21. The monoisotopic (exact) mass is 284 g/mol. The number of hydrogen-bond acceptors (Lipinski definition) is 3. The molecule has 4 nitrogen and oxygen atoms in total. The number of carbonyl (C=O) groups excluding carboxylic acids is 1. The van der Waals surface area contributed by atoms with E-state index in [1.165, 1.54) is 12.8 Å². The second-order valence-corrected chi connectivity index (χ2v) is 6.47. The van der Waals surface area contributed by atoms with Crippen LogP contribution in [0.5, 0.6) is 0 Å². The summed E-state index contributed by atoms with van der Waals surface area (Å²) in [5.41, 5.74) is 5.68. The van der Waals surface area contributed by atoms with Gasteiger partial charge < -0.3 is 15.8 Å². The molecule has 4 heteroatoms. The standard InChI is InChI=1S/C16H32N2O2/c1-13(2)7-9-20-10-8-18-16(19)11-14-3-5-15(12-17)6-4-14/h13-15H,3-12,17H2,1-2H3,(H,18,19). The predicted molar refractivity (Wildman–Crippen MR) is 82.4 cm³/mol. The highest BCUT2D eigenvalue weighted by atomic mass is 16.5. The van der Waals surface area contributed by atoms with Gasteiger partial charge in [0, 0.05) is 19.6 Å². The van der Waals surface area contributed by atoms with Crippen LogP contribution in [0.15, 0.2) is 0 Å². The fourth-order valence-electron chi connectivity index (χ4n) is 2.69. The Morgan fingerprint density at radius 2 is 1.85 bits per heavy atom. The van der Waals surface area contributed by atoms with Crippen molar-refractivity contribution >= 4 is 5.91 Å². The second kappa shape index (κ2) is 10.2. The Kier molecular flexibility index (Phi) is 8.86. The maximum absolute atomic E-state index is 11.8. The van der Waals surface area contributed by atoms with Crippen molar-refractivity contribution in [1.29, 1.82) is 0 Å². The average Bonchev–Trinajstić information content (AvgIpc) is 2.43. The fraction of sp³-hybridized carbons (Fsp3) is 0.938. The van der Waals surface area contributed by atoms with Crippen molar-refractivity contribution < 1.29 is 9.53 Å². The molecular formula is C16H32N2O2. The largest absolute Gasteiger partial charge is 0.380 e. The Morgan fingerprint density at radius 3 is 2.45 bits per heavy atom. The lowest BCUT2D eigenvalue weighted by Gasteiger charge is -2.27. The van der Waals surface area contributed by atoms with Gasteiger partial charge in [-0.05, 0) is 56.4 Å². The highest BCUT2D eigenvalue weighted by molar-refractivity contribution is 5.76. The lowest BCUT2D eigenvalue weighted by atomic mass is 9.80. The highest BCUT2D eigenvalue weighted by Gasteiger charge is 2.21. The van der Waals surface area contributed by atoms with Gasteiger partial charge in [0.25, 0.3) is 0 Å². The van der Waals surface area contributed by atoms with E-state index in [9.17, 15) is 4.79 Å². The number of carbonyl (C=O) groups is 1. The molecule has 0 aliphatic heterocycles. The SMILES string of the molecule is CC(C)CCOCCNC(=O)CC1CCC(CN)CC1. The molecule has 118 valence electrons. The zero-order valence-corrected chi connectivity index (χ0v) is 13.2. The molecule has 0 aromatic rings. The van der Waals surface area contributed by atoms with Crippen LogP contribution in [0.3, 0.4) is 0 Å². The third-order valence-corrected chi connectivity index (χ3v) is 4.18. The fourth-order valence-corrected chi connectivity index (χ4v) is 2.69. The minimum atomic E-state index is 0.175. The zero-order valence-electron chi connectivity index (χ0n) is 13.2. The van der Waals surface area contributed by atoms with Gasteiger partial charge in [-0.3, -0.25) is 4.79 Å². The molecule has 1 fully saturated rings. The van der Waals surface area contributed by atoms with E-state index in [4.69, 9.17) is 10.5 Å². The van der Waals surface area contributed by atoms with E-state index in [2.05, 4.69) is 19.2 Å². The van der Waals surface area contributed by atoms with E-state index in [-0.39, 0.29) is 5.91 Å². The van der Waals surface area contributed by atoms with Crippen LogP contribution < -0.4 is 11.1 Å². The number of nitrogens with two attached hydrogens (primary N) is 1. The summed E-state index contributed by atoms with van der Waals surface area (Å²) in [7, 11) is 0. The van der Waals surface area contributed by atoms with Gasteiger partial charge in [-0.1, -0.05) is 13.8 Å². The second-order valence-electron chi connectivity index (χ2n) is 6.47. The Bertz CT molecular complexity index is 261. The highest BCUT2D eigenvalue weighted by Crippen LogP contribution is 2.29. The van der Waals surface area contributed by atoms with Gasteiger partial charge in [-0.25, -0.2) is 0 Å². The lowest BCUT2D eigenvalue weighted by molar-refractivity contribution is -0.122.